The van der Waals surface area contributed by atoms with Crippen LogP contribution in [0.3, 0.4) is 0 Å². The van der Waals surface area contributed by atoms with Gasteiger partial charge in [-0.1, -0.05) is 5.16 Å². The van der Waals surface area contributed by atoms with Gasteiger partial charge in [-0.05, 0) is 49.4 Å². The second-order valence-electron chi connectivity index (χ2n) is 6.28. The molecule has 3 aromatic rings. The maximum absolute atomic E-state index is 12.3. The van der Waals surface area contributed by atoms with Crippen LogP contribution in [-0.4, -0.2) is 37.9 Å². The molecular weight excluding hydrogens is 388 g/mol. The molecule has 1 amide bonds. The highest BCUT2D eigenvalue weighted by atomic mass is 16.5. The summed E-state index contributed by atoms with van der Waals surface area (Å²) < 4.78 is 20.8. The molecule has 2 aromatic carbocycles. The highest BCUT2D eigenvalue weighted by molar-refractivity contribution is 5.93. The average molecular weight is 410 g/mol. The van der Waals surface area contributed by atoms with Gasteiger partial charge in [-0.15, -0.1) is 0 Å². The van der Waals surface area contributed by atoms with Crippen LogP contribution in [-0.2, 0) is 16.0 Å². The van der Waals surface area contributed by atoms with Crippen molar-refractivity contribution in [3.8, 4) is 22.8 Å². The van der Waals surface area contributed by atoms with Crippen LogP contribution in [0.5, 0.6) is 11.5 Å². The number of anilines is 1. The highest BCUT2D eigenvalue weighted by Gasteiger charge is 2.14. The molecule has 0 aliphatic heterocycles. The highest BCUT2D eigenvalue weighted by Crippen LogP contribution is 2.32. The molecule has 0 aliphatic rings. The van der Waals surface area contributed by atoms with Gasteiger partial charge < -0.3 is 24.1 Å². The third-order valence-corrected chi connectivity index (χ3v) is 4.25. The van der Waals surface area contributed by atoms with Crippen molar-refractivity contribution in [2.45, 2.75) is 13.3 Å². The van der Waals surface area contributed by atoms with E-state index in [0.29, 0.717) is 40.8 Å². The fraction of sp³-hybridized carbons (Fsp3) is 0.227. The van der Waals surface area contributed by atoms with E-state index >= 15 is 0 Å². The smallest absolute Gasteiger partial charge is 0.338 e. The SMILES string of the molecule is CCOC(=O)c1ccc(NC(=O)Cc2cc(-c3ccc(OC)c(OC)c3)on2)cc1. The molecule has 0 saturated heterocycles. The Hall–Kier alpha value is -3.81. The number of carbonyl (C=O) groups is 2. The van der Waals surface area contributed by atoms with E-state index < -0.39 is 5.97 Å². The van der Waals surface area contributed by atoms with Crippen LogP contribution in [0.2, 0.25) is 0 Å². The van der Waals surface area contributed by atoms with E-state index in [2.05, 4.69) is 10.5 Å². The molecule has 0 radical (unpaired) electrons. The number of ether oxygens (including phenoxy) is 3. The number of nitrogens with zero attached hydrogens (tertiary/aromatic N) is 1. The molecule has 0 atom stereocenters. The van der Waals surface area contributed by atoms with Crippen molar-refractivity contribution in [1.82, 2.24) is 5.16 Å². The van der Waals surface area contributed by atoms with Gasteiger partial charge in [-0.25, -0.2) is 4.79 Å². The van der Waals surface area contributed by atoms with Crippen LogP contribution < -0.4 is 14.8 Å². The zero-order valence-corrected chi connectivity index (χ0v) is 16.9. The molecule has 0 spiro atoms. The Bertz CT molecular complexity index is 1030. The number of esters is 1. The molecule has 8 nitrogen and oxygen atoms in total. The van der Waals surface area contributed by atoms with Gasteiger partial charge in [0.2, 0.25) is 5.91 Å². The monoisotopic (exact) mass is 410 g/mol. The van der Waals surface area contributed by atoms with Crippen LogP contribution in [0.25, 0.3) is 11.3 Å². The summed E-state index contributed by atoms with van der Waals surface area (Å²) in [6.07, 6.45) is 0.0381. The van der Waals surface area contributed by atoms with E-state index in [1.807, 2.05) is 6.07 Å². The Morgan fingerprint density at radius 1 is 1.00 bits per heavy atom. The number of amides is 1. The lowest BCUT2D eigenvalue weighted by molar-refractivity contribution is -0.115. The number of hydrogen-bond acceptors (Lipinski definition) is 7. The minimum atomic E-state index is -0.402. The van der Waals surface area contributed by atoms with E-state index in [9.17, 15) is 9.59 Å². The molecule has 30 heavy (non-hydrogen) atoms. The van der Waals surface area contributed by atoms with E-state index in [4.69, 9.17) is 18.7 Å². The molecule has 1 N–H and O–H groups in total. The third-order valence-electron chi connectivity index (χ3n) is 4.25. The first kappa shape index (κ1) is 20.9. The van der Waals surface area contributed by atoms with Crippen molar-refractivity contribution in [3.63, 3.8) is 0 Å². The lowest BCUT2D eigenvalue weighted by Gasteiger charge is -2.07. The first-order chi connectivity index (χ1) is 14.5. The summed E-state index contributed by atoms with van der Waals surface area (Å²) >= 11 is 0. The van der Waals surface area contributed by atoms with Gasteiger partial charge in [-0.3, -0.25) is 4.79 Å². The van der Waals surface area contributed by atoms with Crippen molar-refractivity contribution in [2.24, 2.45) is 0 Å². The number of hydrogen-bond donors (Lipinski definition) is 1. The molecule has 0 bridgehead atoms. The van der Waals surface area contributed by atoms with Gasteiger partial charge in [0, 0.05) is 17.3 Å². The zero-order chi connectivity index (χ0) is 21.5. The second-order valence-corrected chi connectivity index (χ2v) is 6.28. The molecule has 156 valence electrons. The Labute approximate surface area is 173 Å². The van der Waals surface area contributed by atoms with Crippen LogP contribution in [0.15, 0.2) is 53.1 Å². The minimum absolute atomic E-state index is 0.0381. The summed E-state index contributed by atoms with van der Waals surface area (Å²) in [5, 5.41) is 6.72. The molecule has 1 heterocycles. The molecule has 0 fully saturated rings. The Morgan fingerprint density at radius 2 is 1.73 bits per heavy atom. The zero-order valence-electron chi connectivity index (χ0n) is 16.9. The molecular formula is C22H22N2O6. The fourth-order valence-electron chi connectivity index (χ4n) is 2.79. The molecule has 1 aromatic heterocycles. The van der Waals surface area contributed by atoms with E-state index in [1.54, 1.807) is 63.6 Å². The van der Waals surface area contributed by atoms with Gasteiger partial charge in [0.15, 0.2) is 17.3 Å². The summed E-state index contributed by atoms with van der Waals surface area (Å²) in [6.45, 7) is 2.05. The average Bonchev–Trinajstić information content (AvgIpc) is 3.22. The number of aromatic nitrogens is 1. The van der Waals surface area contributed by atoms with E-state index in [0.717, 1.165) is 5.56 Å². The lowest BCUT2D eigenvalue weighted by Crippen LogP contribution is -2.14. The van der Waals surface area contributed by atoms with E-state index in [1.165, 1.54) is 0 Å². The fourth-order valence-corrected chi connectivity index (χ4v) is 2.79. The lowest BCUT2D eigenvalue weighted by atomic mass is 10.1. The Balaban J connectivity index is 1.63. The van der Waals surface area contributed by atoms with Crippen molar-refractivity contribution in [1.29, 1.82) is 0 Å². The van der Waals surface area contributed by atoms with Crippen LogP contribution in [0.4, 0.5) is 5.69 Å². The van der Waals surface area contributed by atoms with Crippen LogP contribution in [0, 0.1) is 0 Å². The van der Waals surface area contributed by atoms with Crippen LogP contribution in [0.1, 0.15) is 23.0 Å². The van der Waals surface area contributed by atoms with Gasteiger partial charge in [0.1, 0.15) is 0 Å². The standard InChI is InChI=1S/C22H22N2O6/c1-4-29-22(26)14-5-8-16(9-6-14)23-21(25)13-17-12-19(30-24-17)15-7-10-18(27-2)20(11-15)28-3/h5-12H,4,13H2,1-3H3,(H,23,25). The molecule has 0 unspecified atom stereocenters. The van der Waals surface area contributed by atoms with Gasteiger partial charge >= 0.3 is 5.97 Å². The number of nitrogens with one attached hydrogen (secondary N) is 1. The number of carbonyl (C=O) groups excluding carboxylic acids is 2. The summed E-state index contributed by atoms with van der Waals surface area (Å²) in [7, 11) is 3.12. The first-order valence-corrected chi connectivity index (χ1v) is 9.29. The number of rotatable bonds is 8. The minimum Gasteiger partial charge on any atom is -0.493 e. The number of benzene rings is 2. The summed E-state index contributed by atoms with van der Waals surface area (Å²) in [6, 6.07) is 13.5. The molecule has 8 heteroatoms. The quantitative estimate of drug-likeness (QED) is 0.565. The first-order valence-electron chi connectivity index (χ1n) is 9.29. The third kappa shape index (κ3) is 4.96. The molecule has 0 aliphatic carbocycles. The predicted molar refractivity (Wildman–Crippen MR) is 110 cm³/mol. The van der Waals surface area contributed by atoms with Crippen molar-refractivity contribution < 1.29 is 28.3 Å². The normalized spacial score (nSPS) is 10.4. The van der Waals surface area contributed by atoms with Gasteiger partial charge in [0.25, 0.3) is 0 Å². The number of methoxy groups -OCH3 is 2. The topological polar surface area (TPSA) is 99.9 Å². The Kier molecular flexibility index (Phi) is 6.69. The Morgan fingerprint density at radius 3 is 2.40 bits per heavy atom. The largest absolute Gasteiger partial charge is 0.493 e. The summed E-state index contributed by atoms with van der Waals surface area (Å²) in [4.78, 5) is 24.0. The summed E-state index contributed by atoms with van der Waals surface area (Å²) in [5.74, 6) is 1.02. The summed E-state index contributed by atoms with van der Waals surface area (Å²) in [5.41, 5.74) is 2.23. The van der Waals surface area contributed by atoms with Gasteiger partial charge in [0.05, 0.1) is 38.5 Å². The second kappa shape index (κ2) is 9.60. The predicted octanol–water partition coefficient (Wildman–Crippen LogP) is 3.72. The van der Waals surface area contributed by atoms with Gasteiger partial charge in [-0.2, -0.15) is 0 Å². The maximum atomic E-state index is 12.3. The van der Waals surface area contributed by atoms with Crippen molar-refractivity contribution in [3.05, 3.63) is 59.8 Å². The maximum Gasteiger partial charge on any atom is 0.338 e. The molecule has 3 rings (SSSR count). The van der Waals surface area contributed by atoms with Crippen LogP contribution >= 0.6 is 0 Å². The molecule has 0 saturated carbocycles. The van der Waals surface area contributed by atoms with E-state index in [-0.39, 0.29) is 12.3 Å². The van der Waals surface area contributed by atoms with Crippen molar-refractivity contribution in [2.75, 3.05) is 26.1 Å². The van der Waals surface area contributed by atoms with Crippen molar-refractivity contribution >= 4 is 17.6 Å².